The summed E-state index contributed by atoms with van der Waals surface area (Å²) >= 11 is 6.34. The molecule has 118 valence electrons. The Morgan fingerprint density at radius 2 is 1.62 bits per heavy atom. The van der Waals surface area contributed by atoms with E-state index in [2.05, 4.69) is 74.5 Å². The molecule has 0 aliphatic heterocycles. The number of allylic oxidation sites excluding steroid dienone is 6. The summed E-state index contributed by atoms with van der Waals surface area (Å²) in [6.45, 7) is 4.67. The second-order valence-electron chi connectivity index (χ2n) is 7.51. The van der Waals surface area contributed by atoms with Crippen molar-refractivity contribution in [1.29, 1.82) is 0 Å². The third kappa shape index (κ3) is 1.70. The zero-order valence-electron chi connectivity index (χ0n) is 13.9. The van der Waals surface area contributed by atoms with E-state index in [-0.39, 0.29) is 5.41 Å². The van der Waals surface area contributed by atoms with Gasteiger partial charge in [-0.15, -0.1) is 0 Å². The summed E-state index contributed by atoms with van der Waals surface area (Å²) in [6.07, 6.45) is 9.11. The van der Waals surface area contributed by atoms with Crippen LogP contribution in [0.2, 0.25) is 5.02 Å². The van der Waals surface area contributed by atoms with Gasteiger partial charge in [-0.2, -0.15) is 0 Å². The molecule has 0 radical (unpaired) electrons. The molecule has 0 nitrogen and oxygen atoms in total. The lowest BCUT2D eigenvalue weighted by atomic mass is 9.67. The largest absolute Gasteiger partial charge is 0.0843 e. The summed E-state index contributed by atoms with van der Waals surface area (Å²) < 4.78 is 0. The van der Waals surface area contributed by atoms with Crippen LogP contribution in [0.1, 0.15) is 42.0 Å². The van der Waals surface area contributed by atoms with Crippen LogP contribution in [0.5, 0.6) is 0 Å². The van der Waals surface area contributed by atoms with Crippen molar-refractivity contribution in [1.82, 2.24) is 0 Å². The molecule has 0 heterocycles. The summed E-state index contributed by atoms with van der Waals surface area (Å²) in [5, 5.41) is 0.825. The molecule has 2 aromatic rings. The van der Waals surface area contributed by atoms with Crippen molar-refractivity contribution in [2.24, 2.45) is 5.92 Å². The van der Waals surface area contributed by atoms with Crippen molar-refractivity contribution in [2.75, 3.05) is 0 Å². The van der Waals surface area contributed by atoms with Gasteiger partial charge in [-0.05, 0) is 45.5 Å². The first-order valence-corrected chi connectivity index (χ1v) is 8.96. The Morgan fingerprint density at radius 3 is 2.46 bits per heavy atom. The number of halogens is 1. The predicted octanol–water partition coefficient (Wildman–Crippen LogP) is 6.38. The van der Waals surface area contributed by atoms with Crippen molar-refractivity contribution in [3.8, 4) is 0 Å². The lowest BCUT2D eigenvalue weighted by Gasteiger charge is -2.36. The van der Waals surface area contributed by atoms with E-state index in [4.69, 9.17) is 11.6 Å². The Hall–Kier alpha value is -2.05. The van der Waals surface area contributed by atoms with E-state index in [1.165, 1.54) is 33.4 Å². The first-order chi connectivity index (χ1) is 11.6. The van der Waals surface area contributed by atoms with E-state index in [9.17, 15) is 0 Å². The molecule has 0 bridgehead atoms. The van der Waals surface area contributed by atoms with Crippen LogP contribution in [-0.2, 0) is 5.41 Å². The Bertz CT molecular complexity index is 956. The zero-order valence-corrected chi connectivity index (χ0v) is 14.6. The van der Waals surface area contributed by atoms with Gasteiger partial charge in [0.15, 0.2) is 0 Å². The molecule has 0 saturated heterocycles. The standard InChI is InChI=1S/C23H19Cl/c1-23(2)20-13-14(24)11-12-19(20)21-17-9-5-3-7-15(17)16-8-4-6-10-18(16)22(21)23/h3-13,15,17H,1-2H3. The Labute approximate surface area is 148 Å². The number of benzene rings is 2. The second-order valence-corrected chi connectivity index (χ2v) is 7.95. The van der Waals surface area contributed by atoms with Crippen LogP contribution in [0.25, 0.3) is 11.1 Å². The minimum absolute atomic E-state index is 0.0222. The summed E-state index contributed by atoms with van der Waals surface area (Å²) in [5.41, 5.74) is 8.56. The molecule has 2 atom stereocenters. The highest BCUT2D eigenvalue weighted by Gasteiger charge is 2.45. The molecule has 0 fully saturated rings. The third-order valence-electron chi connectivity index (χ3n) is 5.90. The molecule has 0 spiro atoms. The molecule has 0 N–H and O–H groups in total. The predicted molar refractivity (Wildman–Crippen MR) is 102 cm³/mol. The quantitative estimate of drug-likeness (QED) is 0.525. The van der Waals surface area contributed by atoms with Crippen LogP contribution in [-0.4, -0.2) is 0 Å². The molecule has 0 amide bonds. The summed E-state index contributed by atoms with van der Waals surface area (Å²) in [7, 11) is 0. The molecular formula is C23H19Cl. The molecule has 2 unspecified atom stereocenters. The van der Waals surface area contributed by atoms with Gasteiger partial charge < -0.3 is 0 Å². The molecule has 24 heavy (non-hydrogen) atoms. The SMILES string of the molecule is CC1(C)C2=C(c3ccc(Cl)cc31)C1C=CC=CC1c1ccccc12. The highest BCUT2D eigenvalue weighted by molar-refractivity contribution is 6.30. The molecular weight excluding hydrogens is 312 g/mol. The topological polar surface area (TPSA) is 0 Å². The molecule has 5 rings (SSSR count). The smallest absolute Gasteiger partial charge is 0.0409 e. The molecule has 2 aromatic carbocycles. The summed E-state index contributed by atoms with van der Waals surface area (Å²) in [6, 6.07) is 15.3. The summed E-state index contributed by atoms with van der Waals surface area (Å²) in [5.74, 6) is 0.851. The maximum Gasteiger partial charge on any atom is 0.0409 e. The van der Waals surface area contributed by atoms with Crippen LogP contribution < -0.4 is 0 Å². The maximum atomic E-state index is 6.34. The van der Waals surface area contributed by atoms with Crippen LogP contribution in [0.3, 0.4) is 0 Å². The van der Waals surface area contributed by atoms with Crippen molar-refractivity contribution in [2.45, 2.75) is 25.2 Å². The van der Waals surface area contributed by atoms with E-state index < -0.39 is 0 Å². The van der Waals surface area contributed by atoms with Gasteiger partial charge in [-0.3, -0.25) is 0 Å². The molecule has 0 saturated carbocycles. The van der Waals surface area contributed by atoms with Gasteiger partial charge in [0.1, 0.15) is 0 Å². The molecule has 1 heteroatoms. The van der Waals surface area contributed by atoms with Crippen LogP contribution >= 0.6 is 11.6 Å². The maximum absolute atomic E-state index is 6.34. The fourth-order valence-electron chi connectivity index (χ4n) is 4.90. The van der Waals surface area contributed by atoms with E-state index >= 15 is 0 Å². The number of hydrogen-bond acceptors (Lipinski definition) is 0. The lowest BCUT2D eigenvalue weighted by Crippen LogP contribution is -2.23. The number of rotatable bonds is 0. The number of fused-ring (bicyclic) bond motifs is 7. The Balaban J connectivity index is 1.88. The first kappa shape index (κ1) is 14.3. The minimum atomic E-state index is -0.0222. The van der Waals surface area contributed by atoms with Gasteiger partial charge >= 0.3 is 0 Å². The van der Waals surface area contributed by atoms with E-state index in [0.29, 0.717) is 11.8 Å². The molecule has 0 aromatic heterocycles. The zero-order chi connectivity index (χ0) is 16.5. The van der Waals surface area contributed by atoms with Gasteiger partial charge in [0, 0.05) is 22.3 Å². The average molecular weight is 331 g/mol. The number of hydrogen-bond donors (Lipinski definition) is 0. The van der Waals surface area contributed by atoms with Gasteiger partial charge in [-0.25, -0.2) is 0 Å². The summed E-state index contributed by atoms with van der Waals surface area (Å²) in [4.78, 5) is 0. The third-order valence-corrected chi connectivity index (χ3v) is 6.13. The van der Waals surface area contributed by atoms with Crippen LogP contribution in [0.4, 0.5) is 0 Å². The minimum Gasteiger partial charge on any atom is -0.0843 e. The Kier molecular flexibility index (Phi) is 2.82. The highest BCUT2D eigenvalue weighted by atomic mass is 35.5. The van der Waals surface area contributed by atoms with Crippen LogP contribution in [0, 0.1) is 5.92 Å². The van der Waals surface area contributed by atoms with E-state index in [0.717, 1.165) is 5.02 Å². The first-order valence-electron chi connectivity index (χ1n) is 8.58. The van der Waals surface area contributed by atoms with Crippen molar-refractivity contribution in [3.63, 3.8) is 0 Å². The highest BCUT2D eigenvalue weighted by Crippen LogP contribution is 2.60. The van der Waals surface area contributed by atoms with Gasteiger partial charge in [-0.1, -0.05) is 80.1 Å². The van der Waals surface area contributed by atoms with Crippen molar-refractivity contribution >= 4 is 22.7 Å². The second kappa shape index (κ2) is 4.74. The molecule has 3 aliphatic rings. The fraction of sp³-hybridized carbons (Fsp3) is 0.217. The fourth-order valence-corrected chi connectivity index (χ4v) is 5.07. The van der Waals surface area contributed by atoms with E-state index in [1.807, 2.05) is 6.07 Å². The molecule has 3 aliphatic carbocycles. The Morgan fingerprint density at radius 1 is 0.875 bits per heavy atom. The van der Waals surface area contributed by atoms with Gasteiger partial charge in [0.05, 0.1) is 0 Å². The monoisotopic (exact) mass is 330 g/mol. The average Bonchev–Trinajstić information content (AvgIpc) is 2.83. The van der Waals surface area contributed by atoms with Gasteiger partial charge in [0.2, 0.25) is 0 Å². The van der Waals surface area contributed by atoms with Crippen LogP contribution in [0.15, 0.2) is 66.8 Å². The van der Waals surface area contributed by atoms with Gasteiger partial charge in [0.25, 0.3) is 0 Å². The van der Waals surface area contributed by atoms with E-state index in [1.54, 1.807) is 0 Å². The normalized spacial score (nSPS) is 25.1. The van der Waals surface area contributed by atoms with Crippen molar-refractivity contribution < 1.29 is 0 Å². The lowest BCUT2D eigenvalue weighted by molar-refractivity contribution is 0.676. The van der Waals surface area contributed by atoms with Crippen molar-refractivity contribution in [3.05, 3.63) is 94.0 Å².